The van der Waals surface area contributed by atoms with Gasteiger partial charge >= 0.3 is 0 Å². The molecule has 0 bridgehead atoms. The highest BCUT2D eigenvalue weighted by Crippen LogP contribution is 2.52. The number of aliphatic hydroxyl groups excluding tert-OH is 1. The summed E-state index contributed by atoms with van der Waals surface area (Å²) in [6, 6.07) is 0.300. The number of amides is 1. The molecule has 2 N–H and O–H groups in total. The molecule has 0 spiro atoms. The average Bonchev–Trinajstić information content (AvgIpc) is 3.34. The van der Waals surface area contributed by atoms with Crippen molar-refractivity contribution in [3.8, 4) is 0 Å². The fourth-order valence-corrected chi connectivity index (χ4v) is 6.86. The molecule has 0 aliphatic carbocycles. The predicted octanol–water partition coefficient (Wildman–Crippen LogP) is 1.39. The van der Waals surface area contributed by atoms with Gasteiger partial charge in [-0.15, -0.1) is 11.8 Å². The predicted molar refractivity (Wildman–Crippen MR) is 115 cm³/mol. The summed E-state index contributed by atoms with van der Waals surface area (Å²) in [7, 11) is 2.02. The van der Waals surface area contributed by atoms with Gasteiger partial charge in [-0.1, -0.05) is 6.92 Å². The lowest BCUT2D eigenvalue weighted by molar-refractivity contribution is -0.671. The fraction of sp³-hybridized carbons (Fsp3) is 0.667. The largest absolute Gasteiger partial charge is 0.393 e. The van der Waals surface area contributed by atoms with E-state index in [1.54, 1.807) is 18.7 Å². The van der Waals surface area contributed by atoms with Crippen LogP contribution >= 0.6 is 23.4 Å². The second-order valence-electron chi connectivity index (χ2n) is 8.78. The first kappa shape index (κ1) is 21.9. The van der Waals surface area contributed by atoms with E-state index >= 15 is 0 Å². The Labute approximate surface area is 186 Å². The number of aromatic nitrogens is 2. The molecule has 4 heterocycles. The maximum absolute atomic E-state index is 12.5. The van der Waals surface area contributed by atoms with Crippen LogP contribution in [0.25, 0.3) is 0 Å². The van der Waals surface area contributed by atoms with Crippen LogP contribution in [0.15, 0.2) is 29.3 Å². The summed E-state index contributed by atoms with van der Waals surface area (Å²) in [5.41, 5.74) is 0.338. The SMILES string of the molecule is C[C@@H](O)[C@H]1C(=O)N2C(C(=O)Cl)=C(S[C@@H]3CN[C@H](CCCn4cc[n+](C)c4)C3)[C@H](C)[C@H]12. The van der Waals surface area contributed by atoms with Crippen molar-refractivity contribution >= 4 is 34.5 Å². The Morgan fingerprint density at radius 3 is 2.90 bits per heavy atom. The summed E-state index contributed by atoms with van der Waals surface area (Å²) < 4.78 is 4.24. The molecule has 0 unspecified atom stereocenters. The number of fused-ring (bicyclic) bond motifs is 1. The maximum Gasteiger partial charge on any atom is 0.269 e. The normalized spacial score (nSPS) is 31.8. The molecule has 164 valence electrons. The van der Waals surface area contributed by atoms with Gasteiger partial charge in [-0.3, -0.25) is 9.59 Å². The zero-order chi connectivity index (χ0) is 21.6. The van der Waals surface area contributed by atoms with Gasteiger partial charge in [-0.25, -0.2) is 9.13 Å². The maximum atomic E-state index is 12.5. The summed E-state index contributed by atoms with van der Waals surface area (Å²) >= 11 is 7.57. The Bertz CT molecular complexity index is 870. The molecular formula is C21H30ClN4O3S+. The number of aliphatic hydroxyl groups is 1. The zero-order valence-electron chi connectivity index (χ0n) is 17.6. The van der Waals surface area contributed by atoms with E-state index in [2.05, 4.69) is 22.4 Å². The van der Waals surface area contributed by atoms with E-state index in [4.69, 9.17) is 11.6 Å². The quantitative estimate of drug-likeness (QED) is 0.353. The summed E-state index contributed by atoms with van der Waals surface area (Å²) in [4.78, 5) is 27.1. The van der Waals surface area contributed by atoms with Gasteiger partial charge in [0.25, 0.3) is 5.24 Å². The van der Waals surface area contributed by atoms with Crippen molar-refractivity contribution in [3.05, 3.63) is 29.3 Å². The molecule has 2 saturated heterocycles. The standard InChI is InChI=1S/C21H30ClN4O3S/c1-12-17-16(13(2)27)21(29)26(17)18(20(22)28)19(12)30-15-9-14(23-10-15)5-4-6-25-8-7-24(3)11-25/h7-8,11-17,23,27H,4-6,9-10H2,1-3H3/q+1/t12-,13-,14-,15+,16-,17-/m1/s1. The molecule has 0 radical (unpaired) electrons. The van der Waals surface area contributed by atoms with Crippen LogP contribution in [0, 0.1) is 11.8 Å². The Hall–Kier alpha value is -1.35. The van der Waals surface area contributed by atoms with E-state index < -0.39 is 17.3 Å². The number of nitrogens with zero attached hydrogens (tertiary/aromatic N) is 3. The molecule has 0 saturated carbocycles. The van der Waals surface area contributed by atoms with Gasteiger partial charge < -0.3 is 15.3 Å². The number of rotatable bonds is 8. The minimum atomic E-state index is -0.725. The van der Waals surface area contributed by atoms with Crippen LogP contribution in [0.4, 0.5) is 0 Å². The Kier molecular flexibility index (Phi) is 6.30. The summed E-state index contributed by atoms with van der Waals surface area (Å²) in [6.45, 7) is 5.56. The van der Waals surface area contributed by atoms with Crippen molar-refractivity contribution in [1.82, 2.24) is 14.8 Å². The molecule has 2 fully saturated rings. The summed E-state index contributed by atoms with van der Waals surface area (Å²) in [6.07, 6.45) is 8.74. The number of carbonyl (C=O) groups is 2. The van der Waals surface area contributed by atoms with Gasteiger partial charge in [-0.05, 0) is 37.8 Å². The second-order valence-corrected chi connectivity index (χ2v) is 10.5. The van der Waals surface area contributed by atoms with E-state index in [-0.39, 0.29) is 17.9 Å². The minimum absolute atomic E-state index is 0.0125. The van der Waals surface area contributed by atoms with E-state index in [1.807, 2.05) is 24.7 Å². The van der Waals surface area contributed by atoms with Crippen LogP contribution in [0.2, 0.25) is 0 Å². The molecule has 0 aromatic carbocycles. The Morgan fingerprint density at radius 2 is 2.27 bits per heavy atom. The number of imidazole rings is 1. The minimum Gasteiger partial charge on any atom is -0.393 e. The topological polar surface area (TPSA) is 78.4 Å². The fourth-order valence-electron chi connectivity index (χ4n) is 5.09. The van der Waals surface area contributed by atoms with E-state index in [9.17, 15) is 14.7 Å². The number of hydrogen-bond donors (Lipinski definition) is 2. The number of aryl methyl sites for hydroxylation is 2. The molecule has 1 aromatic rings. The summed E-state index contributed by atoms with van der Waals surface area (Å²) in [5, 5.41) is 13.4. The lowest BCUT2D eigenvalue weighted by atomic mass is 9.79. The molecule has 1 amide bonds. The third kappa shape index (κ3) is 3.95. The molecule has 9 heteroatoms. The Balaban J connectivity index is 1.35. The number of hydrogen-bond acceptors (Lipinski definition) is 5. The monoisotopic (exact) mass is 453 g/mol. The number of thioether (sulfide) groups is 1. The van der Waals surface area contributed by atoms with Crippen LogP contribution in [-0.4, -0.2) is 55.7 Å². The van der Waals surface area contributed by atoms with Crippen LogP contribution in [-0.2, 0) is 23.2 Å². The first-order valence-corrected chi connectivity index (χ1v) is 11.9. The van der Waals surface area contributed by atoms with Crippen LogP contribution in [0.5, 0.6) is 0 Å². The number of nitrogens with one attached hydrogen (secondary N) is 1. The van der Waals surface area contributed by atoms with E-state index in [1.165, 1.54) is 4.90 Å². The van der Waals surface area contributed by atoms with Crippen molar-refractivity contribution < 1.29 is 19.3 Å². The van der Waals surface area contributed by atoms with E-state index in [0.29, 0.717) is 17.0 Å². The molecule has 3 aliphatic rings. The van der Waals surface area contributed by atoms with Crippen molar-refractivity contribution in [2.45, 2.75) is 63.1 Å². The zero-order valence-corrected chi connectivity index (χ0v) is 19.2. The lowest BCUT2D eigenvalue weighted by Crippen LogP contribution is -2.63. The summed E-state index contributed by atoms with van der Waals surface area (Å²) in [5.74, 6) is -0.630. The number of halogens is 1. The van der Waals surface area contributed by atoms with Crippen molar-refractivity contribution in [1.29, 1.82) is 0 Å². The van der Waals surface area contributed by atoms with Crippen molar-refractivity contribution in [2.24, 2.45) is 18.9 Å². The van der Waals surface area contributed by atoms with Crippen molar-refractivity contribution in [3.63, 3.8) is 0 Å². The van der Waals surface area contributed by atoms with Gasteiger partial charge in [-0.2, -0.15) is 0 Å². The van der Waals surface area contributed by atoms with Gasteiger partial charge in [0, 0.05) is 28.7 Å². The van der Waals surface area contributed by atoms with Gasteiger partial charge in [0.1, 0.15) is 18.1 Å². The molecule has 7 nitrogen and oxygen atoms in total. The number of carbonyl (C=O) groups excluding carboxylic acids is 2. The third-order valence-electron chi connectivity index (χ3n) is 6.56. The first-order valence-electron chi connectivity index (χ1n) is 10.6. The molecular weight excluding hydrogens is 424 g/mol. The molecule has 6 atom stereocenters. The first-order chi connectivity index (χ1) is 14.3. The van der Waals surface area contributed by atoms with Crippen molar-refractivity contribution in [2.75, 3.05) is 6.54 Å². The molecule has 4 rings (SSSR count). The van der Waals surface area contributed by atoms with Gasteiger partial charge in [0.2, 0.25) is 12.2 Å². The van der Waals surface area contributed by atoms with Crippen LogP contribution < -0.4 is 9.88 Å². The van der Waals surface area contributed by atoms with Crippen LogP contribution in [0.1, 0.15) is 33.1 Å². The lowest BCUT2D eigenvalue weighted by Gasteiger charge is -2.46. The number of β-lactam (4-membered cyclic amide) rings is 1. The second kappa shape index (κ2) is 8.65. The highest BCUT2D eigenvalue weighted by atomic mass is 35.5. The van der Waals surface area contributed by atoms with E-state index in [0.717, 1.165) is 37.3 Å². The van der Waals surface area contributed by atoms with Gasteiger partial charge in [0.05, 0.1) is 31.7 Å². The highest BCUT2D eigenvalue weighted by molar-refractivity contribution is 8.03. The molecule has 30 heavy (non-hydrogen) atoms. The molecule has 1 aromatic heterocycles. The third-order valence-corrected chi connectivity index (χ3v) is 8.25. The molecule has 3 aliphatic heterocycles. The average molecular weight is 454 g/mol. The van der Waals surface area contributed by atoms with Gasteiger partial charge in [0.15, 0.2) is 0 Å². The highest BCUT2D eigenvalue weighted by Gasteiger charge is 2.59. The smallest absolute Gasteiger partial charge is 0.269 e. The van der Waals surface area contributed by atoms with Crippen LogP contribution in [0.3, 0.4) is 0 Å². The number of allylic oxidation sites excluding steroid dienone is 1. The Morgan fingerprint density at radius 1 is 1.50 bits per heavy atom.